The molecule has 0 atom stereocenters. The lowest BCUT2D eigenvalue weighted by Gasteiger charge is -2.40. The second-order valence-electron chi connectivity index (χ2n) is 9.86. The molecule has 162 valence electrons. The number of rotatable bonds is 14. The molecular formula is C23H46O4. The van der Waals surface area contributed by atoms with Crippen molar-refractivity contribution in [1.29, 1.82) is 0 Å². The number of hydrogen-bond acceptors (Lipinski definition) is 4. The molecule has 27 heavy (non-hydrogen) atoms. The van der Waals surface area contributed by atoms with Crippen LogP contribution in [0.5, 0.6) is 0 Å². The van der Waals surface area contributed by atoms with Crippen molar-refractivity contribution in [3.8, 4) is 0 Å². The molecule has 0 N–H and O–H groups in total. The van der Waals surface area contributed by atoms with Gasteiger partial charge in [-0.05, 0) is 59.3 Å². The molecule has 0 amide bonds. The Bertz CT molecular complexity index is 356. The van der Waals surface area contributed by atoms with E-state index in [4.69, 9.17) is 19.6 Å². The molecule has 4 heteroatoms. The lowest BCUT2D eigenvalue weighted by atomic mass is 9.86. The van der Waals surface area contributed by atoms with Gasteiger partial charge in [0.2, 0.25) is 5.79 Å². The predicted molar refractivity (Wildman–Crippen MR) is 111 cm³/mol. The maximum atomic E-state index is 5.99. The summed E-state index contributed by atoms with van der Waals surface area (Å²) >= 11 is 0. The predicted octanol–water partition coefficient (Wildman–Crippen LogP) is 7.51. The second kappa shape index (κ2) is 11.7. The third-order valence-corrected chi connectivity index (χ3v) is 5.64. The molecule has 0 aromatic heterocycles. The van der Waals surface area contributed by atoms with Crippen molar-refractivity contribution in [3.63, 3.8) is 0 Å². The lowest BCUT2D eigenvalue weighted by molar-refractivity contribution is -0.549. The van der Waals surface area contributed by atoms with Gasteiger partial charge < -0.3 is 0 Å². The summed E-state index contributed by atoms with van der Waals surface area (Å²) in [7, 11) is 0. The monoisotopic (exact) mass is 386 g/mol. The Balaban J connectivity index is 2.61. The minimum Gasteiger partial charge on any atom is -0.228 e. The standard InChI is InChI=1S/C23H46O4/c1-8-10-12-16-21(4,5)24-26-23(18-14-20(3)15-19-23)27-25-22(6,7)17-13-11-9-2/h20H,8-19H2,1-7H3. The van der Waals surface area contributed by atoms with Crippen molar-refractivity contribution in [2.24, 2.45) is 5.92 Å². The van der Waals surface area contributed by atoms with Crippen molar-refractivity contribution < 1.29 is 19.6 Å². The summed E-state index contributed by atoms with van der Waals surface area (Å²) in [5.41, 5.74) is -0.628. The van der Waals surface area contributed by atoms with E-state index in [0.29, 0.717) is 5.92 Å². The summed E-state index contributed by atoms with van der Waals surface area (Å²) in [6, 6.07) is 0. The Kier molecular flexibility index (Phi) is 10.8. The quantitative estimate of drug-likeness (QED) is 0.134. The molecule has 1 aliphatic rings. The Morgan fingerprint density at radius 2 is 1.15 bits per heavy atom. The fourth-order valence-corrected chi connectivity index (χ4v) is 3.44. The van der Waals surface area contributed by atoms with Crippen molar-refractivity contribution in [2.45, 2.75) is 143 Å². The topological polar surface area (TPSA) is 36.9 Å². The first kappa shape index (κ1) is 24.9. The fourth-order valence-electron chi connectivity index (χ4n) is 3.44. The highest BCUT2D eigenvalue weighted by Gasteiger charge is 2.42. The summed E-state index contributed by atoms with van der Waals surface area (Å²) in [6.45, 7) is 15.1. The van der Waals surface area contributed by atoms with Gasteiger partial charge in [-0.2, -0.15) is 9.78 Å². The Morgan fingerprint density at radius 1 is 0.741 bits per heavy atom. The first-order valence-electron chi connectivity index (χ1n) is 11.4. The van der Waals surface area contributed by atoms with Gasteiger partial charge in [0.05, 0.1) is 11.2 Å². The fraction of sp³-hybridized carbons (Fsp3) is 1.00. The molecule has 0 heterocycles. The van der Waals surface area contributed by atoms with Crippen LogP contribution in [0.15, 0.2) is 0 Å². The minimum atomic E-state index is -0.781. The molecule has 1 aliphatic carbocycles. The van der Waals surface area contributed by atoms with Crippen molar-refractivity contribution in [1.82, 2.24) is 0 Å². The highest BCUT2D eigenvalue weighted by Crippen LogP contribution is 2.38. The summed E-state index contributed by atoms with van der Waals surface area (Å²) in [4.78, 5) is 23.8. The zero-order valence-corrected chi connectivity index (χ0v) is 19.2. The molecule has 0 aromatic rings. The average molecular weight is 387 g/mol. The van der Waals surface area contributed by atoms with E-state index in [1.54, 1.807) is 0 Å². The SMILES string of the molecule is CCCCCC(C)(C)OOC1(OOC(C)(C)CCCCC)CCC(C)CC1. The molecule has 0 bridgehead atoms. The second-order valence-corrected chi connectivity index (χ2v) is 9.86. The number of hydrogen-bond donors (Lipinski definition) is 0. The van der Waals surface area contributed by atoms with Gasteiger partial charge >= 0.3 is 0 Å². The zero-order chi connectivity index (χ0) is 20.4. The van der Waals surface area contributed by atoms with Gasteiger partial charge in [-0.3, -0.25) is 0 Å². The van der Waals surface area contributed by atoms with Crippen LogP contribution in [-0.4, -0.2) is 17.0 Å². The Hall–Kier alpha value is -0.160. The third-order valence-electron chi connectivity index (χ3n) is 5.64. The van der Waals surface area contributed by atoms with Crippen molar-refractivity contribution in [2.75, 3.05) is 0 Å². The summed E-state index contributed by atoms with van der Waals surface area (Å²) in [6.07, 6.45) is 12.9. The van der Waals surface area contributed by atoms with Crippen LogP contribution < -0.4 is 0 Å². The molecular weight excluding hydrogens is 340 g/mol. The summed E-state index contributed by atoms with van der Waals surface area (Å²) < 4.78 is 0. The molecule has 0 saturated heterocycles. The van der Waals surface area contributed by atoms with Crippen LogP contribution in [0.3, 0.4) is 0 Å². The van der Waals surface area contributed by atoms with E-state index in [1.807, 2.05) is 0 Å². The third kappa shape index (κ3) is 10.3. The van der Waals surface area contributed by atoms with Gasteiger partial charge in [-0.1, -0.05) is 59.3 Å². The highest BCUT2D eigenvalue weighted by atomic mass is 17.3. The van der Waals surface area contributed by atoms with E-state index in [-0.39, 0.29) is 11.2 Å². The largest absolute Gasteiger partial charge is 0.234 e. The molecule has 0 aliphatic heterocycles. The summed E-state index contributed by atoms with van der Waals surface area (Å²) in [5.74, 6) is -0.0863. The zero-order valence-electron chi connectivity index (χ0n) is 19.2. The van der Waals surface area contributed by atoms with Crippen molar-refractivity contribution in [3.05, 3.63) is 0 Å². The van der Waals surface area contributed by atoms with Crippen LogP contribution in [-0.2, 0) is 19.6 Å². The maximum Gasteiger partial charge on any atom is 0.234 e. The van der Waals surface area contributed by atoms with Crippen LogP contribution in [0.25, 0.3) is 0 Å². The molecule has 1 rings (SSSR count). The molecule has 4 nitrogen and oxygen atoms in total. The van der Waals surface area contributed by atoms with Gasteiger partial charge in [0, 0.05) is 12.8 Å². The molecule has 0 spiro atoms. The normalized spacial score (nSPS) is 18.8. The van der Waals surface area contributed by atoms with E-state index >= 15 is 0 Å². The van der Waals surface area contributed by atoms with E-state index in [2.05, 4.69) is 48.5 Å². The first-order chi connectivity index (χ1) is 12.6. The van der Waals surface area contributed by atoms with Gasteiger partial charge in [-0.25, -0.2) is 9.78 Å². The van der Waals surface area contributed by atoms with E-state index in [9.17, 15) is 0 Å². The van der Waals surface area contributed by atoms with E-state index in [1.165, 1.54) is 25.7 Å². The van der Waals surface area contributed by atoms with E-state index < -0.39 is 5.79 Å². The Morgan fingerprint density at radius 3 is 1.52 bits per heavy atom. The molecule has 0 unspecified atom stereocenters. The van der Waals surface area contributed by atoms with Gasteiger partial charge in [0.15, 0.2) is 0 Å². The van der Waals surface area contributed by atoms with Crippen LogP contribution >= 0.6 is 0 Å². The van der Waals surface area contributed by atoms with Gasteiger partial charge in [-0.15, -0.1) is 0 Å². The lowest BCUT2D eigenvalue weighted by Crippen LogP contribution is -2.44. The van der Waals surface area contributed by atoms with Crippen LogP contribution in [0.2, 0.25) is 0 Å². The van der Waals surface area contributed by atoms with E-state index in [0.717, 1.165) is 51.4 Å². The average Bonchev–Trinajstić information content (AvgIpc) is 2.61. The molecule has 0 radical (unpaired) electrons. The summed E-state index contributed by atoms with van der Waals surface area (Å²) in [5, 5.41) is 0. The maximum absolute atomic E-state index is 5.99. The highest BCUT2D eigenvalue weighted by molar-refractivity contribution is 4.78. The van der Waals surface area contributed by atoms with Gasteiger partial charge in [0.25, 0.3) is 0 Å². The van der Waals surface area contributed by atoms with Crippen LogP contribution in [0, 0.1) is 5.92 Å². The molecule has 1 saturated carbocycles. The van der Waals surface area contributed by atoms with Crippen molar-refractivity contribution >= 4 is 0 Å². The first-order valence-corrected chi connectivity index (χ1v) is 11.4. The van der Waals surface area contributed by atoms with Crippen LogP contribution in [0.4, 0.5) is 0 Å². The molecule has 1 fully saturated rings. The minimum absolute atomic E-state index is 0.314. The van der Waals surface area contributed by atoms with Gasteiger partial charge in [0.1, 0.15) is 0 Å². The molecule has 0 aromatic carbocycles. The smallest absolute Gasteiger partial charge is 0.228 e. The Labute approximate surface area is 168 Å². The number of unbranched alkanes of at least 4 members (excludes halogenated alkanes) is 4. The van der Waals surface area contributed by atoms with Crippen LogP contribution in [0.1, 0.15) is 126 Å².